The fourth-order valence-corrected chi connectivity index (χ4v) is 4.09. The van der Waals surface area contributed by atoms with Crippen LogP contribution in [-0.2, 0) is 38.0 Å². The van der Waals surface area contributed by atoms with Crippen LogP contribution in [0.25, 0.3) is 21.5 Å². The molecule has 0 saturated carbocycles. The summed E-state index contributed by atoms with van der Waals surface area (Å²) in [6.07, 6.45) is 2.22. The normalized spacial score (nSPS) is 10.8. The largest absolute Gasteiger partial charge is 0.497 e. The molecule has 0 saturated heterocycles. The van der Waals surface area contributed by atoms with Crippen LogP contribution in [0.1, 0.15) is 0 Å². The van der Waals surface area contributed by atoms with Gasteiger partial charge >= 0.3 is 11.9 Å². The van der Waals surface area contributed by atoms with E-state index in [-0.39, 0.29) is 26.4 Å². The Bertz CT molecular complexity index is 1350. The molecule has 0 radical (unpaired) electrons. The van der Waals surface area contributed by atoms with Gasteiger partial charge in [0.1, 0.15) is 43.7 Å². The highest BCUT2D eigenvalue weighted by Crippen LogP contribution is 2.43. The van der Waals surface area contributed by atoms with E-state index in [1.165, 1.54) is 0 Å². The number of hydrogen-bond donors (Lipinski definition) is 0. The van der Waals surface area contributed by atoms with Gasteiger partial charge in [-0.1, -0.05) is 37.4 Å². The molecule has 0 bridgehead atoms. The number of methoxy groups -OCH3 is 1. The van der Waals surface area contributed by atoms with E-state index < -0.39 is 11.9 Å². The van der Waals surface area contributed by atoms with E-state index in [2.05, 4.69) is 13.2 Å². The van der Waals surface area contributed by atoms with Gasteiger partial charge in [-0.3, -0.25) is 0 Å². The van der Waals surface area contributed by atoms with E-state index in [4.69, 9.17) is 42.6 Å². The maximum absolute atomic E-state index is 11.0. The summed E-state index contributed by atoms with van der Waals surface area (Å²) in [5.41, 5.74) is 0. The Morgan fingerprint density at radius 1 is 0.568 bits per heavy atom. The fourth-order valence-electron chi connectivity index (χ4n) is 4.09. The highest BCUT2D eigenvalue weighted by Gasteiger charge is 2.17. The molecule has 44 heavy (non-hydrogen) atoms. The molecule has 0 spiro atoms. The maximum atomic E-state index is 11.0. The monoisotopic (exact) mass is 612 g/mol. The Morgan fingerprint density at radius 2 is 0.977 bits per heavy atom. The van der Waals surface area contributed by atoms with Crippen molar-refractivity contribution in [1.82, 2.24) is 0 Å². The molecule has 0 unspecified atom stereocenters. The predicted octanol–water partition coefficient (Wildman–Crippen LogP) is 4.28. The van der Waals surface area contributed by atoms with Crippen LogP contribution in [-0.4, -0.2) is 98.3 Å². The standard InChI is InChI=1S/C33H40O11/c1-4-30(34)41-20-16-37-12-14-39-18-22-43-32-26-8-6-7-9-27(26)33(29-24-25(36-3)10-11-28(29)32)44-23-19-40-15-13-38-17-21-42-31(35)5-2/h4-11,24H,1-2,12-23H2,3H3. The molecular weight excluding hydrogens is 572 g/mol. The number of ether oxygens (including phenoxy) is 9. The van der Waals surface area contributed by atoms with Crippen molar-refractivity contribution >= 4 is 33.5 Å². The van der Waals surface area contributed by atoms with Crippen LogP contribution in [0.4, 0.5) is 0 Å². The van der Waals surface area contributed by atoms with Gasteiger partial charge in [-0.15, -0.1) is 0 Å². The van der Waals surface area contributed by atoms with E-state index in [0.29, 0.717) is 64.4 Å². The van der Waals surface area contributed by atoms with Crippen molar-refractivity contribution in [3.8, 4) is 17.2 Å². The third kappa shape index (κ3) is 11.2. The topological polar surface area (TPSA) is 117 Å². The average molecular weight is 613 g/mol. The highest BCUT2D eigenvalue weighted by molar-refractivity contribution is 6.11. The highest BCUT2D eigenvalue weighted by atomic mass is 16.6. The van der Waals surface area contributed by atoms with E-state index in [1.807, 2.05) is 42.5 Å². The summed E-state index contributed by atoms with van der Waals surface area (Å²) in [7, 11) is 1.62. The van der Waals surface area contributed by atoms with Crippen LogP contribution in [0.15, 0.2) is 67.8 Å². The van der Waals surface area contributed by atoms with Crippen molar-refractivity contribution in [3.05, 3.63) is 67.8 Å². The summed E-state index contributed by atoms with van der Waals surface area (Å²) < 4.78 is 49.8. The molecule has 11 nitrogen and oxygen atoms in total. The van der Waals surface area contributed by atoms with Crippen molar-refractivity contribution in [2.75, 3.05) is 86.4 Å². The van der Waals surface area contributed by atoms with Gasteiger partial charge in [0, 0.05) is 33.7 Å². The molecule has 0 fully saturated rings. The van der Waals surface area contributed by atoms with Crippen molar-refractivity contribution in [2.24, 2.45) is 0 Å². The average Bonchev–Trinajstić information content (AvgIpc) is 3.06. The van der Waals surface area contributed by atoms with Crippen molar-refractivity contribution < 1.29 is 52.2 Å². The molecular formula is C33H40O11. The molecule has 3 aromatic rings. The number of benzene rings is 3. The van der Waals surface area contributed by atoms with Crippen LogP contribution in [0, 0.1) is 0 Å². The molecule has 0 heterocycles. The number of esters is 2. The van der Waals surface area contributed by atoms with Gasteiger partial charge in [0.25, 0.3) is 0 Å². The molecule has 0 aromatic heterocycles. The molecule has 3 aromatic carbocycles. The third-order valence-corrected chi connectivity index (χ3v) is 6.10. The number of fused-ring (bicyclic) bond motifs is 2. The van der Waals surface area contributed by atoms with Gasteiger partial charge in [-0.05, 0) is 18.2 Å². The van der Waals surface area contributed by atoms with Gasteiger partial charge in [0.15, 0.2) is 0 Å². The summed E-state index contributed by atoms with van der Waals surface area (Å²) in [6, 6.07) is 13.7. The second-order valence-corrected chi connectivity index (χ2v) is 9.01. The fraction of sp³-hybridized carbons (Fsp3) is 0.394. The van der Waals surface area contributed by atoms with Gasteiger partial charge in [0.2, 0.25) is 0 Å². The second-order valence-electron chi connectivity index (χ2n) is 9.01. The number of carbonyl (C=O) groups excluding carboxylic acids is 2. The van der Waals surface area contributed by atoms with E-state index in [1.54, 1.807) is 7.11 Å². The lowest BCUT2D eigenvalue weighted by molar-refractivity contribution is -0.140. The molecule has 3 rings (SSSR count). The smallest absolute Gasteiger partial charge is 0.330 e. The lowest BCUT2D eigenvalue weighted by Crippen LogP contribution is -2.14. The molecule has 11 heteroatoms. The van der Waals surface area contributed by atoms with E-state index in [0.717, 1.165) is 39.4 Å². The van der Waals surface area contributed by atoms with Crippen molar-refractivity contribution in [3.63, 3.8) is 0 Å². The Hall–Kier alpha value is -4.16. The van der Waals surface area contributed by atoms with Crippen LogP contribution in [0.3, 0.4) is 0 Å². The molecule has 0 aliphatic heterocycles. The number of carbonyl (C=O) groups is 2. The molecule has 0 amide bonds. The second kappa shape index (κ2) is 19.9. The molecule has 0 aliphatic rings. The maximum Gasteiger partial charge on any atom is 0.330 e. The van der Waals surface area contributed by atoms with Gasteiger partial charge in [-0.2, -0.15) is 0 Å². The van der Waals surface area contributed by atoms with E-state index >= 15 is 0 Å². The SMILES string of the molecule is C=CC(=O)OCCOCCOCCOc1c2ccccc2c(OCCOCCOCCOC(=O)C=C)c2cc(OC)ccc12. The summed E-state index contributed by atoms with van der Waals surface area (Å²) >= 11 is 0. The quantitative estimate of drug-likeness (QED) is 0.0661. The Balaban J connectivity index is 1.54. The Kier molecular flexibility index (Phi) is 15.5. The zero-order chi connectivity index (χ0) is 31.4. The minimum absolute atomic E-state index is 0.164. The Morgan fingerprint density at radius 3 is 1.43 bits per heavy atom. The molecule has 0 atom stereocenters. The van der Waals surface area contributed by atoms with Crippen LogP contribution < -0.4 is 14.2 Å². The van der Waals surface area contributed by atoms with Crippen molar-refractivity contribution in [2.45, 2.75) is 0 Å². The van der Waals surface area contributed by atoms with Crippen LogP contribution >= 0.6 is 0 Å². The number of rotatable bonds is 23. The Labute approximate surface area is 257 Å². The van der Waals surface area contributed by atoms with Gasteiger partial charge < -0.3 is 42.6 Å². The first-order valence-corrected chi connectivity index (χ1v) is 14.3. The van der Waals surface area contributed by atoms with Gasteiger partial charge in [0.05, 0.1) is 60.0 Å². The van der Waals surface area contributed by atoms with Crippen LogP contribution in [0.2, 0.25) is 0 Å². The van der Waals surface area contributed by atoms with Crippen LogP contribution in [0.5, 0.6) is 17.2 Å². The summed E-state index contributed by atoms with van der Waals surface area (Å²) in [6.45, 7) is 10.4. The first-order chi connectivity index (χ1) is 21.6. The third-order valence-electron chi connectivity index (χ3n) is 6.10. The summed E-state index contributed by atoms with van der Waals surface area (Å²) in [5, 5.41) is 3.53. The number of hydrogen-bond acceptors (Lipinski definition) is 11. The minimum atomic E-state index is -0.478. The van der Waals surface area contributed by atoms with Crippen molar-refractivity contribution in [1.29, 1.82) is 0 Å². The zero-order valence-electron chi connectivity index (χ0n) is 25.1. The minimum Gasteiger partial charge on any atom is -0.497 e. The predicted molar refractivity (Wildman–Crippen MR) is 165 cm³/mol. The first-order valence-electron chi connectivity index (χ1n) is 14.3. The molecule has 0 N–H and O–H groups in total. The first kappa shape index (κ1) is 34.3. The van der Waals surface area contributed by atoms with E-state index in [9.17, 15) is 9.59 Å². The van der Waals surface area contributed by atoms with Gasteiger partial charge in [-0.25, -0.2) is 9.59 Å². The molecule has 0 aliphatic carbocycles. The molecule has 238 valence electrons. The summed E-state index contributed by atoms with van der Waals surface area (Å²) in [5.74, 6) is 1.17. The summed E-state index contributed by atoms with van der Waals surface area (Å²) in [4.78, 5) is 22.0. The zero-order valence-corrected chi connectivity index (χ0v) is 25.1. The lowest BCUT2D eigenvalue weighted by atomic mass is 10.00. The lowest BCUT2D eigenvalue weighted by Gasteiger charge is -2.18.